The third-order valence-electron chi connectivity index (χ3n) is 4.52. The van der Waals surface area contributed by atoms with Crippen LogP contribution in [0.2, 0.25) is 0 Å². The highest BCUT2D eigenvalue weighted by atomic mass is 16.5. The number of hydrogen-bond donors (Lipinski definition) is 1. The number of hydrogen-bond acceptors (Lipinski definition) is 3. The van der Waals surface area contributed by atoms with Gasteiger partial charge >= 0.3 is 0 Å². The Morgan fingerprint density at radius 1 is 1.31 bits per heavy atom. The quantitative estimate of drug-likeness (QED) is 0.794. The molecule has 2 unspecified atom stereocenters. The van der Waals surface area contributed by atoms with Crippen molar-refractivity contribution in [2.24, 2.45) is 5.73 Å². The molecule has 0 aromatic carbocycles. The fourth-order valence-corrected chi connectivity index (χ4v) is 3.08. The Morgan fingerprint density at radius 2 is 2.06 bits per heavy atom. The average Bonchev–Trinajstić information content (AvgIpc) is 2.78. The van der Waals surface area contributed by atoms with E-state index >= 15 is 0 Å². The molecule has 2 N–H and O–H groups in total. The zero-order valence-electron chi connectivity index (χ0n) is 10.7. The lowest BCUT2D eigenvalue weighted by Gasteiger charge is -2.42. The Kier molecular flexibility index (Phi) is 3.88. The molecule has 0 spiro atoms. The van der Waals surface area contributed by atoms with Crippen LogP contribution < -0.4 is 5.73 Å². The monoisotopic (exact) mass is 226 g/mol. The van der Waals surface area contributed by atoms with E-state index < -0.39 is 0 Å². The molecule has 0 aromatic rings. The van der Waals surface area contributed by atoms with E-state index in [1.165, 1.54) is 19.3 Å². The van der Waals surface area contributed by atoms with Gasteiger partial charge in [0, 0.05) is 24.7 Å². The minimum atomic E-state index is 0.00444. The van der Waals surface area contributed by atoms with Gasteiger partial charge < -0.3 is 10.5 Å². The largest absolute Gasteiger partial charge is 0.375 e. The van der Waals surface area contributed by atoms with E-state index in [-0.39, 0.29) is 5.54 Å². The first-order valence-electron chi connectivity index (χ1n) is 6.83. The van der Waals surface area contributed by atoms with Crippen molar-refractivity contribution in [2.75, 3.05) is 19.7 Å². The van der Waals surface area contributed by atoms with Crippen LogP contribution in [0.4, 0.5) is 0 Å². The zero-order chi connectivity index (χ0) is 11.6. The molecule has 0 amide bonds. The van der Waals surface area contributed by atoms with E-state index in [9.17, 15) is 0 Å². The summed E-state index contributed by atoms with van der Waals surface area (Å²) in [6.45, 7) is 7.42. The highest BCUT2D eigenvalue weighted by molar-refractivity contribution is 4.94. The second-order valence-electron chi connectivity index (χ2n) is 5.45. The maximum atomic E-state index is 6.43. The molecule has 1 aliphatic carbocycles. The summed E-state index contributed by atoms with van der Waals surface area (Å²) < 4.78 is 5.83. The van der Waals surface area contributed by atoms with Crippen LogP contribution in [0.1, 0.15) is 46.0 Å². The smallest absolute Gasteiger partial charge is 0.0730 e. The molecular formula is C13H26N2O. The SMILES string of the molecule is CCC(N)(CC)CN1CCOC2CCCC21. The Bertz CT molecular complexity index is 228. The molecule has 2 atom stereocenters. The molecule has 2 rings (SSSR count). The molecule has 16 heavy (non-hydrogen) atoms. The van der Waals surface area contributed by atoms with Crippen molar-refractivity contribution < 1.29 is 4.74 Å². The molecule has 1 saturated heterocycles. The molecule has 1 saturated carbocycles. The van der Waals surface area contributed by atoms with E-state index in [0.717, 1.165) is 32.5 Å². The zero-order valence-corrected chi connectivity index (χ0v) is 10.7. The average molecular weight is 226 g/mol. The van der Waals surface area contributed by atoms with Crippen molar-refractivity contribution in [3.05, 3.63) is 0 Å². The third-order valence-corrected chi connectivity index (χ3v) is 4.52. The van der Waals surface area contributed by atoms with E-state index in [1.54, 1.807) is 0 Å². The lowest BCUT2D eigenvalue weighted by atomic mass is 9.92. The molecule has 0 radical (unpaired) electrons. The second-order valence-corrected chi connectivity index (χ2v) is 5.45. The molecule has 0 bridgehead atoms. The van der Waals surface area contributed by atoms with Crippen LogP contribution >= 0.6 is 0 Å². The van der Waals surface area contributed by atoms with Crippen molar-refractivity contribution in [2.45, 2.75) is 63.6 Å². The first-order valence-corrected chi connectivity index (χ1v) is 6.83. The molecule has 3 heteroatoms. The first-order chi connectivity index (χ1) is 7.68. The fraction of sp³-hybridized carbons (Fsp3) is 1.00. The molecule has 0 aromatic heterocycles. The molecule has 1 heterocycles. The van der Waals surface area contributed by atoms with Crippen LogP contribution in [0.3, 0.4) is 0 Å². The van der Waals surface area contributed by atoms with Crippen molar-refractivity contribution >= 4 is 0 Å². The molecule has 2 aliphatic rings. The second kappa shape index (κ2) is 5.03. The van der Waals surface area contributed by atoms with Gasteiger partial charge in [0.2, 0.25) is 0 Å². The topological polar surface area (TPSA) is 38.5 Å². The number of nitrogens with two attached hydrogens (primary N) is 1. The standard InChI is InChI=1S/C13H26N2O/c1-3-13(14,4-2)10-15-8-9-16-12-7-5-6-11(12)15/h11-12H,3-10,14H2,1-2H3. The van der Waals surface area contributed by atoms with Gasteiger partial charge in [-0.15, -0.1) is 0 Å². The number of morpholine rings is 1. The van der Waals surface area contributed by atoms with Gasteiger partial charge in [0.15, 0.2) is 0 Å². The van der Waals surface area contributed by atoms with Crippen LogP contribution in [0.25, 0.3) is 0 Å². The fourth-order valence-electron chi connectivity index (χ4n) is 3.08. The third kappa shape index (κ3) is 2.41. The number of fused-ring (bicyclic) bond motifs is 1. The van der Waals surface area contributed by atoms with Crippen LogP contribution in [0.5, 0.6) is 0 Å². The van der Waals surface area contributed by atoms with Gasteiger partial charge in [0.25, 0.3) is 0 Å². The Balaban J connectivity index is 1.97. The Morgan fingerprint density at radius 3 is 2.75 bits per heavy atom. The van der Waals surface area contributed by atoms with E-state index in [4.69, 9.17) is 10.5 Å². The van der Waals surface area contributed by atoms with Gasteiger partial charge in [-0.05, 0) is 32.1 Å². The van der Waals surface area contributed by atoms with Gasteiger partial charge in [-0.2, -0.15) is 0 Å². The summed E-state index contributed by atoms with van der Waals surface area (Å²) in [6, 6.07) is 0.648. The van der Waals surface area contributed by atoms with Gasteiger partial charge in [-0.3, -0.25) is 4.90 Å². The minimum absolute atomic E-state index is 0.00444. The summed E-state index contributed by atoms with van der Waals surface area (Å²) in [5.74, 6) is 0. The summed E-state index contributed by atoms with van der Waals surface area (Å²) >= 11 is 0. The predicted molar refractivity (Wildman–Crippen MR) is 66.5 cm³/mol. The van der Waals surface area contributed by atoms with Crippen LogP contribution in [-0.2, 0) is 4.74 Å². The minimum Gasteiger partial charge on any atom is -0.375 e. The van der Waals surface area contributed by atoms with Gasteiger partial charge in [-0.1, -0.05) is 13.8 Å². The molecule has 1 aliphatic heterocycles. The van der Waals surface area contributed by atoms with Crippen LogP contribution in [-0.4, -0.2) is 42.3 Å². The molecule has 94 valence electrons. The van der Waals surface area contributed by atoms with Gasteiger partial charge in [0.05, 0.1) is 12.7 Å². The van der Waals surface area contributed by atoms with Crippen LogP contribution in [0, 0.1) is 0 Å². The highest BCUT2D eigenvalue weighted by Gasteiger charge is 2.38. The van der Waals surface area contributed by atoms with Crippen molar-refractivity contribution in [3.8, 4) is 0 Å². The summed E-state index contributed by atoms with van der Waals surface area (Å²) in [5.41, 5.74) is 6.43. The van der Waals surface area contributed by atoms with Gasteiger partial charge in [0.1, 0.15) is 0 Å². The summed E-state index contributed by atoms with van der Waals surface area (Å²) in [4.78, 5) is 2.59. The molecule has 3 nitrogen and oxygen atoms in total. The van der Waals surface area contributed by atoms with Crippen LogP contribution in [0.15, 0.2) is 0 Å². The van der Waals surface area contributed by atoms with Gasteiger partial charge in [-0.25, -0.2) is 0 Å². The number of nitrogens with zero attached hydrogens (tertiary/aromatic N) is 1. The van der Waals surface area contributed by atoms with Crippen molar-refractivity contribution in [3.63, 3.8) is 0 Å². The summed E-state index contributed by atoms with van der Waals surface area (Å²) in [6.07, 6.45) is 6.50. The molecule has 2 fully saturated rings. The van der Waals surface area contributed by atoms with Crippen molar-refractivity contribution in [1.82, 2.24) is 4.90 Å². The number of ether oxygens (including phenoxy) is 1. The van der Waals surface area contributed by atoms with E-state index in [2.05, 4.69) is 18.7 Å². The molecular weight excluding hydrogens is 200 g/mol. The first kappa shape index (κ1) is 12.3. The lowest BCUT2D eigenvalue weighted by molar-refractivity contribution is -0.0624. The normalized spacial score (nSPS) is 31.7. The Labute approximate surface area is 99.3 Å². The maximum Gasteiger partial charge on any atom is 0.0730 e. The predicted octanol–water partition coefficient (Wildman–Crippen LogP) is 1.76. The summed E-state index contributed by atoms with van der Waals surface area (Å²) in [7, 11) is 0. The number of rotatable bonds is 4. The Hall–Kier alpha value is -0.120. The summed E-state index contributed by atoms with van der Waals surface area (Å²) in [5, 5.41) is 0. The highest BCUT2D eigenvalue weighted by Crippen LogP contribution is 2.31. The maximum absolute atomic E-state index is 6.43. The van der Waals surface area contributed by atoms with E-state index in [0.29, 0.717) is 12.1 Å². The van der Waals surface area contributed by atoms with Crippen molar-refractivity contribution in [1.29, 1.82) is 0 Å². The van der Waals surface area contributed by atoms with E-state index in [1.807, 2.05) is 0 Å². The lowest BCUT2D eigenvalue weighted by Crippen LogP contribution is -2.57.